The Morgan fingerprint density at radius 1 is 1.32 bits per heavy atom. The number of nitrogens with one attached hydrogen (secondary N) is 1. The monoisotopic (exact) mass is 357 g/mol. The summed E-state index contributed by atoms with van der Waals surface area (Å²) in [4.78, 5) is 11.6. The van der Waals surface area contributed by atoms with Crippen LogP contribution in [0.2, 0.25) is 0 Å². The highest BCUT2D eigenvalue weighted by Crippen LogP contribution is 2.11. The Kier molecular flexibility index (Phi) is 5.69. The van der Waals surface area contributed by atoms with Crippen LogP contribution in [0.4, 0.5) is 0 Å². The minimum atomic E-state index is -0.365. The van der Waals surface area contributed by atoms with E-state index in [9.17, 15) is 4.79 Å². The average molecular weight is 358 g/mol. The zero-order valence-corrected chi connectivity index (χ0v) is 13.1. The van der Waals surface area contributed by atoms with E-state index in [1.54, 1.807) is 30.5 Å². The highest BCUT2D eigenvalue weighted by atomic mass is 79.9. The van der Waals surface area contributed by atoms with Crippen molar-refractivity contribution in [3.63, 3.8) is 0 Å². The second-order valence-corrected chi connectivity index (χ2v) is 5.19. The first-order valence-corrected chi connectivity index (χ1v) is 7.17. The Hall–Kier alpha value is -2.65. The van der Waals surface area contributed by atoms with Gasteiger partial charge in [-0.15, -0.1) is 0 Å². The van der Waals surface area contributed by atoms with Crippen LogP contribution in [-0.2, 0) is 4.79 Å². The molecule has 0 saturated carbocycles. The van der Waals surface area contributed by atoms with Crippen LogP contribution in [0.1, 0.15) is 11.1 Å². The van der Waals surface area contributed by atoms with Gasteiger partial charge in [-0.25, -0.2) is 5.43 Å². The maximum atomic E-state index is 11.6. The summed E-state index contributed by atoms with van der Waals surface area (Å²) in [5, 5.41) is 12.5. The SMILES string of the molecule is N#Cc1ccc(OCC(=O)N/N=C/c2cccc(Br)c2)cc1. The molecule has 2 aromatic carbocycles. The van der Waals surface area contributed by atoms with Gasteiger partial charge in [0.05, 0.1) is 17.8 Å². The molecule has 0 spiro atoms. The van der Waals surface area contributed by atoms with Crippen LogP contribution in [0.25, 0.3) is 0 Å². The van der Waals surface area contributed by atoms with Crippen LogP contribution in [0.5, 0.6) is 5.75 Å². The number of hydrazone groups is 1. The van der Waals surface area contributed by atoms with Crippen molar-refractivity contribution in [1.29, 1.82) is 5.26 Å². The van der Waals surface area contributed by atoms with E-state index in [2.05, 4.69) is 26.5 Å². The summed E-state index contributed by atoms with van der Waals surface area (Å²) in [7, 11) is 0. The van der Waals surface area contributed by atoms with E-state index < -0.39 is 0 Å². The third-order valence-electron chi connectivity index (χ3n) is 2.60. The van der Waals surface area contributed by atoms with Crippen molar-refractivity contribution in [2.75, 3.05) is 6.61 Å². The topological polar surface area (TPSA) is 74.5 Å². The summed E-state index contributed by atoms with van der Waals surface area (Å²) in [5.74, 6) is 0.153. The summed E-state index contributed by atoms with van der Waals surface area (Å²) in [5.41, 5.74) is 3.78. The Morgan fingerprint density at radius 2 is 2.09 bits per heavy atom. The summed E-state index contributed by atoms with van der Waals surface area (Å²) in [6.45, 7) is -0.151. The van der Waals surface area contributed by atoms with Gasteiger partial charge in [0.2, 0.25) is 0 Å². The van der Waals surface area contributed by atoms with Gasteiger partial charge in [-0.3, -0.25) is 4.79 Å². The number of amides is 1. The van der Waals surface area contributed by atoms with Crippen LogP contribution in [0.15, 0.2) is 58.1 Å². The normalized spacial score (nSPS) is 10.2. The number of hydrogen-bond donors (Lipinski definition) is 1. The molecule has 5 nitrogen and oxygen atoms in total. The third kappa shape index (κ3) is 5.04. The van der Waals surface area contributed by atoms with Gasteiger partial charge in [-0.1, -0.05) is 28.1 Å². The zero-order chi connectivity index (χ0) is 15.8. The molecule has 1 N–H and O–H groups in total. The smallest absolute Gasteiger partial charge is 0.277 e. The molecule has 6 heteroatoms. The summed E-state index contributed by atoms with van der Waals surface area (Å²) >= 11 is 3.35. The van der Waals surface area contributed by atoms with Gasteiger partial charge in [-0.2, -0.15) is 10.4 Å². The van der Waals surface area contributed by atoms with E-state index in [1.165, 1.54) is 0 Å². The maximum Gasteiger partial charge on any atom is 0.277 e. The molecule has 0 saturated heterocycles. The Balaban J connectivity index is 1.79. The molecule has 0 radical (unpaired) electrons. The first-order chi connectivity index (χ1) is 10.7. The number of carbonyl (C=O) groups is 1. The van der Waals surface area contributed by atoms with E-state index in [-0.39, 0.29) is 12.5 Å². The molecule has 0 fully saturated rings. The first-order valence-electron chi connectivity index (χ1n) is 6.38. The van der Waals surface area contributed by atoms with Crippen LogP contribution >= 0.6 is 15.9 Å². The summed E-state index contributed by atoms with van der Waals surface area (Å²) in [6, 6.07) is 16.1. The Labute approximate surface area is 136 Å². The molecule has 0 aliphatic carbocycles. The number of nitriles is 1. The molecule has 110 valence electrons. The van der Waals surface area contributed by atoms with Crippen molar-refractivity contribution in [3.8, 4) is 11.8 Å². The highest BCUT2D eigenvalue weighted by molar-refractivity contribution is 9.10. The summed E-state index contributed by atoms with van der Waals surface area (Å²) in [6.07, 6.45) is 1.55. The molecule has 0 atom stereocenters. The number of nitrogens with zero attached hydrogens (tertiary/aromatic N) is 2. The van der Waals surface area contributed by atoms with Crippen molar-refractivity contribution in [2.45, 2.75) is 0 Å². The van der Waals surface area contributed by atoms with E-state index in [0.717, 1.165) is 10.0 Å². The quantitative estimate of drug-likeness (QED) is 0.660. The molecule has 0 unspecified atom stereocenters. The van der Waals surface area contributed by atoms with Crippen LogP contribution in [0, 0.1) is 11.3 Å². The van der Waals surface area contributed by atoms with Gasteiger partial charge in [0.15, 0.2) is 6.61 Å². The Morgan fingerprint density at radius 3 is 2.77 bits per heavy atom. The summed E-state index contributed by atoms with van der Waals surface area (Å²) < 4.78 is 6.22. The van der Waals surface area contributed by atoms with Gasteiger partial charge in [-0.05, 0) is 42.0 Å². The number of ether oxygens (including phenoxy) is 1. The fourth-order valence-electron chi connectivity index (χ4n) is 1.57. The number of halogens is 1. The maximum absolute atomic E-state index is 11.6. The second-order valence-electron chi connectivity index (χ2n) is 4.27. The third-order valence-corrected chi connectivity index (χ3v) is 3.10. The molecule has 0 bridgehead atoms. The number of hydrogen-bond acceptors (Lipinski definition) is 4. The van der Waals surface area contributed by atoms with Gasteiger partial charge < -0.3 is 4.74 Å². The average Bonchev–Trinajstić information content (AvgIpc) is 2.53. The second kappa shape index (κ2) is 7.96. The number of carbonyl (C=O) groups excluding carboxylic acids is 1. The molecule has 2 aromatic rings. The van der Waals surface area contributed by atoms with Gasteiger partial charge in [0.25, 0.3) is 5.91 Å². The van der Waals surface area contributed by atoms with Crippen molar-refractivity contribution in [3.05, 3.63) is 64.1 Å². The molecule has 0 heterocycles. The molecule has 1 amide bonds. The molecule has 22 heavy (non-hydrogen) atoms. The van der Waals surface area contributed by atoms with Crippen molar-refractivity contribution < 1.29 is 9.53 Å². The first kappa shape index (κ1) is 15.7. The zero-order valence-electron chi connectivity index (χ0n) is 11.5. The van der Waals surface area contributed by atoms with Crippen LogP contribution in [0.3, 0.4) is 0 Å². The molecular weight excluding hydrogens is 346 g/mol. The molecule has 2 rings (SSSR count). The lowest BCUT2D eigenvalue weighted by Gasteiger charge is -2.04. The predicted octanol–water partition coefficient (Wildman–Crippen LogP) is 2.85. The number of rotatable bonds is 5. The largest absolute Gasteiger partial charge is 0.484 e. The van der Waals surface area contributed by atoms with Gasteiger partial charge >= 0.3 is 0 Å². The Bertz CT molecular complexity index is 721. The van der Waals surface area contributed by atoms with E-state index >= 15 is 0 Å². The van der Waals surface area contributed by atoms with E-state index in [1.807, 2.05) is 30.3 Å². The minimum Gasteiger partial charge on any atom is -0.484 e. The van der Waals surface area contributed by atoms with E-state index in [0.29, 0.717) is 11.3 Å². The van der Waals surface area contributed by atoms with Gasteiger partial charge in [0.1, 0.15) is 5.75 Å². The van der Waals surface area contributed by atoms with Crippen LogP contribution < -0.4 is 10.2 Å². The van der Waals surface area contributed by atoms with Crippen molar-refractivity contribution in [2.24, 2.45) is 5.10 Å². The molecule has 0 aliphatic rings. The van der Waals surface area contributed by atoms with Gasteiger partial charge in [0, 0.05) is 4.47 Å². The molecular formula is C16H12BrN3O2. The standard InChI is InChI=1S/C16H12BrN3O2/c17-14-3-1-2-13(8-14)10-19-20-16(21)11-22-15-6-4-12(9-18)5-7-15/h1-8,10H,11H2,(H,20,21)/b19-10+. The fourth-order valence-corrected chi connectivity index (χ4v) is 1.99. The lowest BCUT2D eigenvalue weighted by Crippen LogP contribution is -2.24. The van der Waals surface area contributed by atoms with Crippen LogP contribution in [-0.4, -0.2) is 18.7 Å². The molecule has 0 aliphatic heterocycles. The fraction of sp³-hybridized carbons (Fsp3) is 0.0625. The predicted molar refractivity (Wildman–Crippen MR) is 86.5 cm³/mol. The lowest BCUT2D eigenvalue weighted by molar-refractivity contribution is -0.123. The minimum absolute atomic E-state index is 0.151. The highest BCUT2D eigenvalue weighted by Gasteiger charge is 2.01. The van der Waals surface area contributed by atoms with Crippen molar-refractivity contribution in [1.82, 2.24) is 5.43 Å². The van der Waals surface area contributed by atoms with E-state index in [4.69, 9.17) is 10.00 Å². The number of benzene rings is 2. The molecule has 0 aromatic heterocycles. The van der Waals surface area contributed by atoms with Crippen molar-refractivity contribution >= 4 is 28.1 Å². The lowest BCUT2D eigenvalue weighted by atomic mass is 10.2.